The molecule has 0 fully saturated rings. The van der Waals surface area contributed by atoms with Crippen LogP contribution in [0.15, 0.2) is 0 Å². The molecule has 0 atom stereocenters. The first kappa shape index (κ1) is 24.8. The molecule has 1 N–H and O–H groups in total. The number of rotatable bonds is 20. The van der Waals surface area contributed by atoms with E-state index in [1.807, 2.05) is 5.48 Å². The van der Waals surface area contributed by atoms with E-state index >= 15 is 0 Å². The molecule has 0 saturated carbocycles. The average Bonchev–Trinajstić information content (AvgIpc) is 2.61. The van der Waals surface area contributed by atoms with Gasteiger partial charge in [0.05, 0.1) is 26.4 Å². The molecule has 0 aliphatic rings. The Balaban J connectivity index is 4.40. The average molecular weight is 361 g/mol. The van der Waals surface area contributed by atoms with E-state index in [0.717, 1.165) is 38.5 Å². The Morgan fingerprint density at radius 1 is 0.600 bits per heavy atom. The van der Waals surface area contributed by atoms with Gasteiger partial charge in [0.2, 0.25) is 0 Å². The highest BCUT2D eigenvalue weighted by atomic mass is 16.9. The normalized spacial score (nSPS) is 12.0. The molecule has 0 radical (unpaired) electrons. The van der Waals surface area contributed by atoms with Gasteiger partial charge in [0.1, 0.15) is 0 Å². The van der Waals surface area contributed by atoms with Crippen LogP contribution < -0.4 is 5.48 Å². The van der Waals surface area contributed by atoms with Crippen LogP contribution in [0.3, 0.4) is 0 Å². The monoisotopic (exact) mass is 360 g/mol. The largest absolute Gasteiger partial charge is 0.788 e. The van der Waals surface area contributed by atoms with E-state index in [2.05, 4.69) is 20.8 Å². The van der Waals surface area contributed by atoms with Gasteiger partial charge in [-0.25, -0.2) is 0 Å². The third-order valence-electron chi connectivity index (χ3n) is 4.25. The van der Waals surface area contributed by atoms with Gasteiger partial charge < -0.3 is 24.9 Å². The lowest BCUT2D eigenvalue weighted by molar-refractivity contribution is -0.376. The Labute approximate surface area is 155 Å². The highest BCUT2D eigenvalue weighted by molar-refractivity contribution is 4.64. The van der Waals surface area contributed by atoms with Crippen LogP contribution in [-0.2, 0) is 14.2 Å². The quantitative estimate of drug-likeness (QED) is 0.176. The van der Waals surface area contributed by atoms with Crippen molar-refractivity contribution >= 4 is 0 Å². The van der Waals surface area contributed by atoms with Crippen molar-refractivity contribution in [3.63, 3.8) is 0 Å². The van der Waals surface area contributed by atoms with Gasteiger partial charge in [0.25, 0.3) is 5.97 Å². The number of hydrogen-bond acceptors (Lipinski definition) is 5. The number of nitrogens with one attached hydrogen (secondary N) is 1. The van der Waals surface area contributed by atoms with Gasteiger partial charge in [0.15, 0.2) is 0 Å². The molecule has 0 aromatic rings. The molecule has 0 spiro atoms. The highest BCUT2D eigenvalue weighted by Gasteiger charge is 2.32. The minimum atomic E-state index is -1.23. The molecule has 0 amide bonds. The second-order valence-corrected chi connectivity index (χ2v) is 6.73. The zero-order valence-electron chi connectivity index (χ0n) is 16.9. The van der Waals surface area contributed by atoms with Crippen LogP contribution in [0.1, 0.15) is 97.8 Å². The predicted octanol–water partition coefficient (Wildman–Crippen LogP) is 5.52. The fourth-order valence-corrected chi connectivity index (χ4v) is 2.64. The van der Waals surface area contributed by atoms with E-state index in [1.54, 1.807) is 0 Å². The standard InChI is InChI=1S/C20H42NO4/c1-4-7-10-13-16-23-20(19-21-22,24-17-14-11-8-5-2)25-18-15-12-9-6-3/h21H,4-19H2,1-3H3/q-1. The topological polar surface area (TPSA) is 62.8 Å². The number of hydroxylamine groups is 1. The first-order chi connectivity index (χ1) is 12.2. The predicted molar refractivity (Wildman–Crippen MR) is 104 cm³/mol. The van der Waals surface area contributed by atoms with Crippen molar-refractivity contribution in [2.45, 2.75) is 104 Å². The van der Waals surface area contributed by atoms with Crippen molar-refractivity contribution in [3.8, 4) is 0 Å². The second kappa shape index (κ2) is 18.6. The summed E-state index contributed by atoms with van der Waals surface area (Å²) in [6.45, 7) is 8.26. The third kappa shape index (κ3) is 14.6. The number of hydrogen-bond donors (Lipinski definition) is 1. The summed E-state index contributed by atoms with van der Waals surface area (Å²) in [5.41, 5.74) is 1.94. The molecule has 0 heterocycles. The fourth-order valence-electron chi connectivity index (χ4n) is 2.64. The van der Waals surface area contributed by atoms with Crippen LogP contribution in [0.2, 0.25) is 0 Å². The van der Waals surface area contributed by atoms with Gasteiger partial charge in [-0.1, -0.05) is 78.6 Å². The molecular weight excluding hydrogens is 318 g/mol. The van der Waals surface area contributed by atoms with E-state index in [0.29, 0.717) is 19.8 Å². The van der Waals surface area contributed by atoms with E-state index in [9.17, 15) is 5.21 Å². The maximum atomic E-state index is 11.1. The van der Waals surface area contributed by atoms with Crippen LogP contribution in [0, 0.1) is 5.21 Å². The van der Waals surface area contributed by atoms with E-state index in [4.69, 9.17) is 14.2 Å². The van der Waals surface area contributed by atoms with Gasteiger partial charge in [0, 0.05) is 0 Å². The molecule has 0 unspecified atom stereocenters. The van der Waals surface area contributed by atoms with E-state index in [-0.39, 0.29) is 6.54 Å². The smallest absolute Gasteiger partial charge is 0.295 e. The summed E-state index contributed by atoms with van der Waals surface area (Å²) < 4.78 is 17.8. The first-order valence-corrected chi connectivity index (χ1v) is 10.5. The maximum absolute atomic E-state index is 11.1. The molecule has 25 heavy (non-hydrogen) atoms. The van der Waals surface area contributed by atoms with Gasteiger partial charge in [-0.2, -0.15) is 0 Å². The van der Waals surface area contributed by atoms with Crippen LogP contribution in [0.25, 0.3) is 0 Å². The molecular formula is C20H42NO4-. The lowest BCUT2D eigenvalue weighted by Crippen LogP contribution is -2.47. The van der Waals surface area contributed by atoms with Crippen molar-refractivity contribution in [1.29, 1.82) is 0 Å². The number of ether oxygens (including phenoxy) is 3. The Kier molecular flexibility index (Phi) is 18.4. The summed E-state index contributed by atoms with van der Waals surface area (Å²) in [5.74, 6) is -1.23. The van der Waals surface area contributed by atoms with Gasteiger partial charge in [-0.15, -0.1) is 0 Å². The molecule has 0 bridgehead atoms. The zero-order chi connectivity index (χ0) is 18.6. The van der Waals surface area contributed by atoms with Crippen molar-refractivity contribution in [2.75, 3.05) is 26.4 Å². The molecule has 152 valence electrons. The van der Waals surface area contributed by atoms with Crippen molar-refractivity contribution in [2.24, 2.45) is 0 Å². The van der Waals surface area contributed by atoms with E-state index < -0.39 is 5.97 Å². The Morgan fingerprint density at radius 2 is 0.960 bits per heavy atom. The Bertz CT molecular complexity index is 228. The van der Waals surface area contributed by atoms with Crippen LogP contribution >= 0.6 is 0 Å². The Hall–Kier alpha value is -0.200. The molecule has 5 heteroatoms. The zero-order valence-corrected chi connectivity index (χ0v) is 16.9. The van der Waals surface area contributed by atoms with Gasteiger partial charge >= 0.3 is 0 Å². The summed E-state index contributed by atoms with van der Waals surface area (Å²) >= 11 is 0. The summed E-state index contributed by atoms with van der Waals surface area (Å²) in [6, 6.07) is 0. The number of unbranched alkanes of at least 4 members (excludes halogenated alkanes) is 9. The second-order valence-electron chi connectivity index (χ2n) is 6.73. The molecule has 0 aliphatic carbocycles. The SMILES string of the molecule is CCCCCCOC(CN[O-])(OCCCCCC)OCCCCCC. The minimum Gasteiger partial charge on any atom is -0.788 e. The van der Waals surface area contributed by atoms with Gasteiger partial charge in [-0.05, 0) is 19.3 Å². The van der Waals surface area contributed by atoms with E-state index in [1.165, 1.54) is 38.5 Å². The van der Waals surface area contributed by atoms with Crippen molar-refractivity contribution < 1.29 is 14.2 Å². The fraction of sp³-hybridized carbons (Fsp3) is 1.00. The van der Waals surface area contributed by atoms with Crippen LogP contribution in [0.5, 0.6) is 0 Å². The summed E-state index contributed by atoms with van der Waals surface area (Å²) in [4.78, 5) is 0. The molecule has 0 aromatic heterocycles. The molecule has 0 rings (SSSR count). The maximum Gasteiger partial charge on any atom is 0.295 e. The molecule has 0 aromatic carbocycles. The Morgan fingerprint density at radius 3 is 1.24 bits per heavy atom. The van der Waals surface area contributed by atoms with Gasteiger partial charge in [-0.3, -0.25) is 0 Å². The van der Waals surface area contributed by atoms with Crippen LogP contribution in [0.4, 0.5) is 0 Å². The first-order valence-electron chi connectivity index (χ1n) is 10.5. The van der Waals surface area contributed by atoms with Crippen LogP contribution in [-0.4, -0.2) is 32.3 Å². The molecule has 5 nitrogen and oxygen atoms in total. The summed E-state index contributed by atoms with van der Waals surface area (Å²) in [7, 11) is 0. The highest BCUT2D eigenvalue weighted by Crippen LogP contribution is 2.18. The molecule has 0 aliphatic heterocycles. The third-order valence-corrected chi connectivity index (χ3v) is 4.25. The minimum absolute atomic E-state index is 0.0162. The summed E-state index contributed by atoms with van der Waals surface area (Å²) in [6.07, 6.45) is 13.5. The summed E-state index contributed by atoms with van der Waals surface area (Å²) in [5, 5.41) is 11.1. The van der Waals surface area contributed by atoms with Crippen molar-refractivity contribution in [1.82, 2.24) is 5.48 Å². The van der Waals surface area contributed by atoms with Crippen molar-refractivity contribution in [3.05, 3.63) is 5.21 Å². The molecule has 0 saturated heterocycles. The lowest BCUT2D eigenvalue weighted by atomic mass is 10.2. The lowest BCUT2D eigenvalue weighted by Gasteiger charge is -2.35.